The Balaban J connectivity index is 1.89. The molecule has 3 rings (SSSR count). The average molecular weight is 333 g/mol. The number of hydrogen-bond donors (Lipinski definition) is 1. The molecule has 1 aliphatic rings. The van der Waals surface area contributed by atoms with Crippen molar-refractivity contribution >= 4 is 28.2 Å². The van der Waals surface area contributed by atoms with Gasteiger partial charge in [-0.2, -0.15) is 0 Å². The van der Waals surface area contributed by atoms with Gasteiger partial charge in [-0.15, -0.1) is 0 Å². The lowest BCUT2D eigenvalue weighted by atomic mass is 10.00. The van der Waals surface area contributed by atoms with E-state index in [9.17, 15) is 4.79 Å². The summed E-state index contributed by atoms with van der Waals surface area (Å²) in [6.45, 7) is 5.67. The molecule has 1 heterocycles. The predicted octanol–water partition coefficient (Wildman–Crippen LogP) is 2.98. The molecule has 23 heavy (non-hydrogen) atoms. The van der Waals surface area contributed by atoms with Gasteiger partial charge in [0, 0.05) is 37.1 Å². The number of methoxy groups -OCH3 is 1. The molecule has 0 amide bonds. The molecule has 1 saturated heterocycles. The van der Waals surface area contributed by atoms with Crippen LogP contribution in [-0.4, -0.2) is 50.0 Å². The van der Waals surface area contributed by atoms with Gasteiger partial charge in [-0.05, 0) is 24.4 Å². The van der Waals surface area contributed by atoms with Crippen LogP contribution in [0.5, 0.6) is 5.75 Å². The number of carbonyl (C=O) groups excluding carboxylic acids is 1. The normalized spacial score (nSPS) is 17.2. The monoisotopic (exact) mass is 332 g/mol. The Kier molecular flexibility index (Phi) is 4.85. The first-order valence-electron chi connectivity index (χ1n) is 7.87. The highest BCUT2D eigenvalue weighted by Crippen LogP contribution is 2.33. The molecule has 0 radical (unpaired) electrons. The lowest BCUT2D eigenvalue weighted by Gasteiger charge is -2.31. The fourth-order valence-corrected chi connectivity index (χ4v) is 3.37. The third-order valence-electron chi connectivity index (χ3n) is 4.50. The summed E-state index contributed by atoms with van der Waals surface area (Å²) in [4.78, 5) is 15.0. The van der Waals surface area contributed by atoms with Crippen molar-refractivity contribution in [3.8, 4) is 5.75 Å². The van der Waals surface area contributed by atoms with Gasteiger partial charge in [0.2, 0.25) is 0 Å². The molecular weight excluding hydrogens is 312 g/mol. The Bertz CT molecular complexity index is 726. The van der Waals surface area contributed by atoms with Crippen molar-refractivity contribution < 1.29 is 9.53 Å². The summed E-state index contributed by atoms with van der Waals surface area (Å²) < 4.78 is 5.24. The molecule has 0 spiro atoms. The summed E-state index contributed by atoms with van der Waals surface area (Å²) in [7, 11) is 1.60. The molecule has 1 aliphatic heterocycles. The second-order valence-electron chi connectivity index (χ2n) is 5.84. The minimum Gasteiger partial charge on any atom is -0.495 e. The van der Waals surface area contributed by atoms with E-state index in [1.165, 1.54) is 0 Å². The van der Waals surface area contributed by atoms with Crippen molar-refractivity contribution in [3.05, 3.63) is 40.9 Å². The zero-order chi connectivity index (χ0) is 16.4. The predicted molar refractivity (Wildman–Crippen MR) is 93.7 cm³/mol. The summed E-state index contributed by atoms with van der Waals surface area (Å²) >= 11 is 6.33. The van der Waals surface area contributed by atoms with Crippen LogP contribution in [-0.2, 0) is 0 Å². The van der Waals surface area contributed by atoms with Crippen LogP contribution in [0, 0.1) is 0 Å². The Labute approximate surface area is 141 Å². The maximum Gasteiger partial charge on any atom is 0.179 e. The van der Waals surface area contributed by atoms with E-state index in [1.807, 2.05) is 37.3 Å². The van der Waals surface area contributed by atoms with Crippen LogP contribution in [0.15, 0.2) is 30.3 Å². The molecule has 0 aliphatic carbocycles. The molecule has 2 aromatic carbocycles. The van der Waals surface area contributed by atoms with Gasteiger partial charge in [-0.3, -0.25) is 9.69 Å². The van der Waals surface area contributed by atoms with Gasteiger partial charge < -0.3 is 10.1 Å². The fraction of sp³-hybridized carbons (Fsp3) is 0.389. The van der Waals surface area contributed by atoms with Crippen molar-refractivity contribution in [2.24, 2.45) is 0 Å². The van der Waals surface area contributed by atoms with Gasteiger partial charge >= 0.3 is 0 Å². The molecular formula is C18H21ClN2O2. The van der Waals surface area contributed by atoms with Gasteiger partial charge in [-0.1, -0.05) is 29.8 Å². The Morgan fingerprint density at radius 3 is 2.70 bits per heavy atom. The minimum absolute atomic E-state index is 0.108. The third kappa shape index (κ3) is 3.20. The van der Waals surface area contributed by atoms with E-state index in [0.29, 0.717) is 10.8 Å². The zero-order valence-corrected chi connectivity index (χ0v) is 14.2. The van der Waals surface area contributed by atoms with Gasteiger partial charge in [-0.25, -0.2) is 0 Å². The molecule has 0 bridgehead atoms. The molecule has 5 heteroatoms. The summed E-state index contributed by atoms with van der Waals surface area (Å²) in [5, 5.41) is 5.75. The maximum absolute atomic E-state index is 12.8. The number of benzene rings is 2. The van der Waals surface area contributed by atoms with Crippen LogP contribution in [0.2, 0.25) is 5.02 Å². The average Bonchev–Trinajstić information content (AvgIpc) is 2.61. The lowest BCUT2D eigenvalue weighted by molar-refractivity contribution is 0.0820. The van der Waals surface area contributed by atoms with Crippen molar-refractivity contribution in [1.29, 1.82) is 0 Å². The van der Waals surface area contributed by atoms with Crippen LogP contribution in [0.3, 0.4) is 0 Å². The number of halogens is 1. The van der Waals surface area contributed by atoms with E-state index in [1.54, 1.807) is 7.11 Å². The second kappa shape index (κ2) is 6.87. The van der Waals surface area contributed by atoms with Gasteiger partial charge in [0.1, 0.15) is 5.75 Å². The number of piperazine rings is 1. The summed E-state index contributed by atoms with van der Waals surface area (Å²) in [5.74, 6) is 0.799. The minimum atomic E-state index is -0.108. The number of Topliss-reactive ketones (excluding diaryl/α,β-unsaturated/α-hetero) is 1. The largest absolute Gasteiger partial charge is 0.495 e. The van der Waals surface area contributed by atoms with E-state index in [4.69, 9.17) is 16.3 Å². The summed E-state index contributed by atoms with van der Waals surface area (Å²) in [6.07, 6.45) is 0. The smallest absolute Gasteiger partial charge is 0.179 e. The van der Waals surface area contributed by atoms with Gasteiger partial charge in [0.15, 0.2) is 5.78 Å². The van der Waals surface area contributed by atoms with E-state index in [-0.39, 0.29) is 11.8 Å². The molecule has 122 valence electrons. The van der Waals surface area contributed by atoms with Crippen molar-refractivity contribution in [2.45, 2.75) is 13.0 Å². The molecule has 1 N–H and O–H groups in total. The molecule has 4 nitrogen and oxygen atoms in total. The van der Waals surface area contributed by atoms with E-state index < -0.39 is 0 Å². The number of ether oxygens (including phenoxy) is 1. The third-order valence-corrected chi connectivity index (χ3v) is 4.89. The van der Waals surface area contributed by atoms with Crippen LogP contribution >= 0.6 is 11.6 Å². The first kappa shape index (κ1) is 16.2. The van der Waals surface area contributed by atoms with E-state index in [0.717, 1.165) is 42.5 Å². The van der Waals surface area contributed by atoms with Crippen molar-refractivity contribution in [3.63, 3.8) is 0 Å². The number of rotatable bonds is 4. The number of carbonyl (C=O) groups is 1. The van der Waals surface area contributed by atoms with Crippen molar-refractivity contribution in [2.75, 3.05) is 33.3 Å². The number of fused-ring (bicyclic) bond motifs is 1. The van der Waals surface area contributed by atoms with Gasteiger partial charge in [0.25, 0.3) is 0 Å². The quantitative estimate of drug-likeness (QED) is 0.874. The van der Waals surface area contributed by atoms with Crippen LogP contribution in [0.25, 0.3) is 10.8 Å². The summed E-state index contributed by atoms with van der Waals surface area (Å²) in [5.41, 5.74) is 0.727. The number of nitrogens with one attached hydrogen (secondary N) is 1. The first-order chi connectivity index (χ1) is 11.1. The topological polar surface area (TPSA) is 41.6 Å². The molecule has 2 aromatic rings. The highest BCUT2D eigenvalue weighted by atomic mass is 35.5. The van der Waals surface area contributed by atoms with E-state index in [2.05, 4.69) is 10.2 Å². The van der Waals surface area contributed by atoms with Crippen molar-refractivity contribution in [1.82, 2.24) is 10.2 Å². The Morgan fingerprint density at radius 1 is 1.26 bits per heavy atom. The van der Waals surface area contributed by atoms with Gasteiger partial charge in [0.05, 0.1) is 18.2 Å². The zero-order valence-electron chi connectivity index (χ0n) is 13.4. The molecule has 1 unspecified atom stereocenters. The molecule has 0 aromatic heterocycles. The second-order valence-corrected chi connectivity index (χ2v) is 6.22. The molecule has 0 saturated carbocycles. The number of nitrogens with zero attached hydrogens (tertiary/aromatic N) is 1. The van der Waals surface area contributed by atoms with Crippen LogP contribution in [0.4, 0.5) is 0 Å². The highest BCUT2D eigenvalue weighted by Gasteiger charge is 2.24. The van der Waals surface area contributed by atoms with Crippen LogP contribution in [0.1, 0.15) is 17.3 Å². The standard InChI is InChI=1S/C18H21ClN2O2/c1-12(21-9-7-20-8-10-21)18(22)14-3-5-15-13(11-14)4-6-16(23-2)17(15)19/h3-6,11-12,20H,7-10H2,1-2H3. The molecule has 1 fully saturated rings. The fourth-order valence-electron chi connectivity index (χ4n) is 3.06. The number of hydrogen-bond acceptors (Lipinski definition) is 4. The highest BCUT2D eigenvalue weighted by molar-refractivity contribution is 6.37. The van der Waals surface area contributed by atoms with Crippen LogP contribution < -0.4 is 10.1 Å². The first-order valence-corrected chi connectivity index (χ1v) is 8.25. The molecule has 1 atom stereocenters. The summed E-state index contributed by atoms with van der Waals surface area (Å²) in [6, 6.07) is 9.34. The maximum atomic E-state index is 12.8. The SMILES string of the molecule is COc1ccc2cc(C(=O)C(C)N3CCNCC3)ccc2c1Cl. The van der Waals surface area contributed by atoms with E-state index >= 15 is 0 Å². The Morgan fingerprint density at radius 2 is 2.00 bits per heavy atom. The Hall–Kier alpha value is -1.62. The lowest BCUT2D eigenvalue weighted by Crippen LogP contribution is -2.50. The number of ketones is 1.